The highest BCUT2D eigenvalue weighted by Crippen LogP contribution is 2.30. The molecule has 0 fully saturated rings. The van der Waals surface area contributed by atoms with Crippen molar-refractivity contribution < 1.29 is 22.7 Å². The molecule has 0 aliphatic heterocycles. The van der Waals surface area contributed by atoms with Gasteiger partial charge in [0.05, 0.1) is 12.0 Å². The number of carbonyl (C=O) groups is 1. The lowest BCUT2D eigenvalue weighted by Crippen LogP contribution is -2.14. The molecule has 8 nitrogen and oxygen atoms in total. The van der Waals surface area contributed by atoms with Gasteiger partial charge in [0.1, 0.15) is 18.2 Å². The van der Waals surface area contributed by atoms with Gasteiger partial charge in [0.25, 0.3) is 5.91 Å². The highest BCUT2D eigenvalue weighted by molar-refractivity contribution is 7.89. The fraction of sp³-hybridized carbons (Fsp3) is 0.0714. The topological polar surface area (TPSA) is 132 Å². The van der Waals surface area contributed by atoms with Crippen LogP contribution in [0.1, 0.15) is 11.1 Å². The molecule has 9 heteroatoms. The molecule has 4 aromatic carbocycles. The first kappa shape index (κ1) is 25.4. The first-order valence-corrected chi connectivity index (χ1v) is 12.7. The van der Waals surface area contributed by atoms with Crippen molar-refractivity contribution in [2.75, 3.05) is 12.4 Å². The van der Waals surface area contributed by atoms with Crippen LogP contribution >= 0.6 is 0 Å². The van der Waals surface area contributed by atoms with Crippen LogP contribution in [0.2, 0.25) is 0 Å². The molecule has 0 aromatic heterocycles. The van der Waals surface area contributed by atoms with Crippen molar-refractivity contribution in [1.82, 2.24) is 0 Å². The smallest absolute Gasteiger partial charge is 0.266 e. The van der Waals surface area contributed by atoms with Crippen molar-refractivity contribution >= 4 is 38.5 Å². The summed E-state index contributed by atoms with van der Waals surface area (Å²) >= 11 is 0. The molecule has 4 rings (SSSR count). The van der Waals surface area contributed by atoms with E-state index in [0.717, 1.165) is 16.3 Å². The second-order valence-electron chi connectivity index (χ2n) is 8.03. The lowest BCUT2D eigenvalue weighted by atomic mass is 10.1. The summed E-state index contributed by atoms with van der Waals surface area (Å²) in [6.07, 6.45) is 1.42. The number of fused-ring (bicyclic) bond motifs is 1. The zero-order chi connectivity index (χ0) is 26.4. The molecule has 0 unspecified atom stereocenters. The van der Waals surface area contributed by atoms with Crippen LogP contribution in [-0.2, 0) is 21.4 Å². The highest BCUT2D eigenvalue weighted by Gasteiger charge is 2.13. The largest absolute Gasteiger partial charge is 0.493 e. The Kier molecular flexibility index (Phi) is 7.53. The van der Waals surface area contributed by atoms with Gasteiger partial charge >= 0.3 is 0 Å². The number of rotatable bonds is 8. The van der Waals surface area contributed by atoms with Crippen LogP contribution in [0.25, 0.3) is 16.8 Å². The molecule has 0 bridgehead atoms. The average Bonchev–Trinajstić information content (AvgIpc) is 2.90. The normalized spacial score (nSPS) is 11.5. The molecule has 0 atom stereocenters. The molecular weight excluding hydrogens is 490 g/mol. The summed E-state index contributed by atoms with van der Waals surface area (Å²) in [5, 5.41) is 19.4. The van der Waals surface area contributed by atoms with Gasteiger partial charge < -0.3 is 14.8 Å². The Morgan fingerprint density at radius 3 is 2.43 bits per heavy atom. The van der Waals surface area contributed by atoms with E-state index < -0.39 is 15.9 Å². The summed E-state index contributed by atoms with van der Waals surface area (Å²) in [5.74, 6) is 0.317. The fourth-order valence-corrected chi connectivity index (χ4v) is 4.22. The number of ether oxygens (including phenoxy) is 2. The number of nitrogens with two attached hydrogens (primary N) is 1. The molecule has 0 radical (unpaired) electrons. The molecule has 0 aliphatic rings. The Labute approximate surface area is 214 Å². The van der Waals surface area contributed by atoms with E-state index in [1.165, 1.54) is 37.5 Å². The number of nitriles is 1. The summed E-state index contributed by atoms with van der Waals surface area (Å²) in [6, 6.07) is 26.4. The second-order valence-corrected chi connectivity index (χ2v) is 9.59. The molecule has 3 N–H and O–H groups in total. The maximum absolute atomic E-state index is 12.6. The van der Waals surface area contributed by atoms with E-state index in [4.69, 9.17) is 14.6 Å². The lowest BCUT2D eigenvalue weighted by Gasteiger charge is -2.13. The Morgan fingerprint density at radius 2 is 1.73 bits per heavy atom. The van der Waals surface area contributed by atoms with Gasteiger partial charge in [0.2, 0.25) is 10.0 Å². The SMILES string of the molecule is COc1cc(C=C(C#N)C(=O)Nc2ccc(S(N)(=O)=O)cc2)ccc1OCc1cccc2ccccc12. The van der Waals surface area contributed by atoms with E-state index in [2.05, 4.69) is 5.32 Å². The van der Waals surface area contributed by atoms with Crippen LogP contribution < -0.4 is 19.9 Å². The van der Waals surface area contributed by atoms with Gasteiger partial charge in [-0.05, 0) is 64.4 Å². The molecule has 0 spiro atoms. The molecule has 1 amide bonds. The van der Waals surface area contributed by atoms with Crippen LogP contribution in [0.3, 0.4) is 0 Å². The zero-order valence-electron chi connectivity index (χ0n) is 19.8. The van der Waals surface area contributed by atoms with Crippen molar-refractivity contribution in [2.24, 2.45) is 5.14 Å². The van der Waals surface area contributed by atoms with Gasteiger partial charge in [-0.25, -0.2) is 13.6 Å². The molecule has 0 heterocycles. The van der Waals surface area contributed by atoms with Gasteiger partial charge in [-0.3, -0.25) is 4.79 Å². The Bertz CT molecular complexity index is 1630. The number of amides is 1. The number of nitrogens with zero attached hydrogens (tertiary/aromatic N) is 1. The van der Waals surface area contributed by atoms with Crippen molar-refractivity contribution in [1.29, 1.82) is 5.26 Å². The monoisotopic (exact) mass is 513 g/mol. The number of sulfonamides is 1. The molecule has 4 aromatic rings. The predicted molar refractivity (Wildman–Crippen MR) is 141 cm³/mol. The number of hydrogen-bond donors (Lipinski definition) is 2. The summed E-state index contributed by atoms with van der Waals surface area (Å²) in [4.78, 5) is 12.5. The van der Waals surface area contributed by atoms with Crippen LogP contribution in [0.15, 0.2) is 95.4 Å². The summed E-state index contributed by atoms with van der Waals surface area (Å²) in [6.45, 7) is 0.336. The minimum Gasteiger partial charge on any atom is -0.493 e. The standard InChI is InChI=1S/C28H23N3O5S/c1-35-27-16-19(9-14-26(27)36-18-21-7-4-6-20-5-2-3-8-25(20)21)15-22(17-29)28(32)31-23-10-12-24(13-11-23)37(30,33)34/h2-16H,18H2,1H3,(H,31,32)(H2,30,33,34). The minimum atomic E-state index is -3.85. The van der Waals surface area contributed by atoms with E-state index in [-0.39, 0.29) is 10.5 Å². The van der Waals surface area contributed by atoms with Gasteiger partial charge in [0.15, 0.2) is 11.5 Å². The van der Waals surface area contributed by atoms with Crippen molar-refractivity contribution in [2.45, 2.75) is 11.5 Å². The van der Waals surface area contributed by atoms with Crippen molar-refractivity contribution in [3.63, 3.8) is 0 Å². The van der Waals surface area contributed by atoms with E-state index >= 15 is 0 Å². The maximum Gasteiger partial charge on any atom is 0.266 e. The van der Waals surface area contributed by atoms with Crippen molar-refractivity contribution in [3.8, 4) is 17.6 Å². The van der Waals surface area contributed by atoms with Gasteiger partial charge in [-0.2, -0.15) is 5.26 Å². The van der Waals surface area contributed by atoms with Gasteiger partial charge in [-0.15, -0.1) is 0 Å². The van der Waals surface area contributed by atoms with E-state index in [1.807, 2.05) is 48.5 Å². The average molecular weight is 514 g/mol. The Balaban J connectivity index is 1.50. The molecule has 0 aliphatic carbocycles. The van der Waals surface area contributed by atoms with Crippen LogP contribution in [-0.4, -0.2) is 21.4 Å². The molecular formula is C28H23N3O5S. The van der Waals surface area contributed by atoms with Crippen LogP contribution in [0.4, 0.5) is 5.69 Å². The van der Waals surface area contributed by atoms with E-state index in [1.54, 1.807) is 18.2 Å². The number of primary sulfonamides is 1. The quantitative estimate of drug-likeness (QED) is 0.261. The van der Waals surface area contributed by atoms with E-state index in [0.29, 0.717) is 29.4 Å². The zero-order valence-corrected chi connectivity index (χ0v) is 20.7. The fourth-order valence-electron chi connectivity index (χ4n) is 3.71. The summed E-state index contributed by atoms with van der Waals surface area (Å²) < 4.78 is 34.3. The second kappa shape index (κ2) is 11.0. The van der Waals surface area contributed by atoms with Gasteiger partial charge in [0, 0.05) is 5.69 Å². The highest BCUT2D eigenvalue weighted by atomic mass is 32.2. The summed E-state index contributed by atoms with van der Waals surface area (Å²) in [7, 11) is -2.34. The number of nitrogens with one attached hydrogen (secondary N) is 1. The van der Waals surface area contributed by atoms with Crippen LogP contribution in [0, 0.1) is 11.3 Å². The predicted octanol–water partition coefficient (Wildman–Crippen LogP) is 4.62. The molecule has 0 saturated heterocycles. The Hall–Kier alpha value is -4.65. The van der Waals surface area contributed by atoms with Gasteiger partial charge in [-0.1, -0.05) is 48.5 Å². The molecule has 37 heavy (non-hydrogen) atoms. The van der Waals surface area contributed by atoms with Crippen molar-refractivity contribution in [3.05, 3.63) is 102 Å². The summed E-state index contributed by atoms with van der Waals surface area (Å²) in [5.41, 5.74) is 1.76. The van der Waals surface area contributed by atoms with Crippen LogP contribution in [0.5, 0.6) is 11.5 Å². The maximum atomic E-state index is 12.6. The third-order valence-corrected chi connectivity index (χ3v) is 6.50. The number of carbonyl (C=O) groups excluding carboxylic acids is 1. The third kappa shape index (κ3) is 6.13. The molecule has 0 saturated carbocycles. The number of benzene rings is 4. The van der Waals surface area contributed by atoms with E-state index in [9.17, 15) is 18.5 Å². The number of anilines is 1. The number of hydrogen-bond acceptors (Lipinski definition) is 6. The number of methoxy groups -OCH3 is 1. The Morgan fingerprint density at radius 1 is 1.00 bits per heavy atom. The molecule has 186 valence electrons. The first-order chi connectivity index (χ1) is 17.8. The lowest BCUT2D eigenvalue weighted by molar-refractivity contribution is -0.112. The third-order valence-electron chi connectivity index (χ3n) is 5.57. The minimum absolute atomic E-state index is 0.0867. The first-order valence-electron chi connectivity index (χ1n) is 11.1.